The van der Waals surface area contributed by atoms with Crippen molar-refractivity contribution in [3.63, 3.8) is 0 Å². The van der Waals surface area contributed by atoms with E-state index in [9.17, 15) is 4.79 Å². The third-order valence-corrected chi connectivity index (χ3v) is 3.15. The Balaban J connectivity index is 2.77. The molecule has 0 aromatic heterocycles. The van der Waals surface area contributed by atoms with Crippen LogP contribution >= 0.6 is 15.9 Å². The Morgan fingerprint density at radius 2 is 2.06 bits per heavy atom. The minimum atomic E-state index is -0.699. The van der Waals surface area contributed by atoms with Crippen molar-refractivity contribution in [3.05, 3.63) is 0 Å². The lowest BCUT2D eigenvalue weighted by Crippen LogP contribution is -2.47. The van der Waals surface area contributed by atoms with Crippen LogP contribution in [0.1, 0.15) is 33.1 Å². The lowest BCUT2D eigenvalue weighted by molar-refractivity contribution is -0.202. The average Bonchev–Trinajstić information content (AvgIpc) is 2.69. The van der Waals surface area contributed by atoms with Gasteiger partial charge in [0.05, 0.1) is 24.6 Å². The summed E-state index contributed by atoms with van der Waals surface area (Å²) < 4.78 is 11.4. The van der Waals surface area contributed by atoms with Crippen molar-refractivity contribution in [2.45, 2.75) is 38.9 Å². The summed E-state index contributed by atoms with van der Waals surface area (Å²) >= 11 is 3.20. The number of amides is 1. The maximum atomic E-state index is 11.9. The first-order chi connectivity index (χ1) is 7.70. The van der Waals surface area contributed by atoms with Gasteiger partial charge in [-0.3, -0.25) is 4.79 Å². The van der Waals surface area contributed by atoms with Crippen LogP contribution in [0.3, 0.4) is 0 Å². The molecule has 0 saturated carbocycles. The molecule has 1 rings (SSSR count). The van der Waals surface area contributed by atoms with Gasteiger partial charge in [0, 0.05) is 6.42 Å². The van der Waals surface area contributed by atoms with Gasteiger partial charge in [0.2, 0.25) is 5.91 Å². The van der Waals surface area contributed by atoms with E-state index in [4.69, 9.17) is 9.47 Å². The molecule has 1 N–H and O–H groups in total. The summed E-state index contributed by atoms with van der Waals surface area (Å²) in [5, 5.41) is 2.77. The molecule has 1 saturated heterocycles. The third-order valence-electron chi connectivity index (χ3n) is 2.87. The Morgan fingerprint density at radius 3 is 2.50 bits per heavy atom. The fourth-order valence-corrected chi connectivity index (χ4v) is 2.50. The molecule has 0 aliphatic carbocycles. The first-order valence-electron chi connectivity index (χ1n) is 5.81. The molecule has 94 valence electrons. The van der Waals surface area contributed by atoms with Gasteiger partial charge in [-0.15, -0.1) is 0 Å². The van der Waals surface area contributed by atoms with Gasteiger partial charge in [-0.1, -0.05) is 36.2 Å². The van der Waals surface area contributed by atoms with Crippen LogP contribution in [-0.4, -0.2) is 30.4 Å². The van der Waals surface area contributed by atoms with Gasteiger partial charge in [0.25, 0.3) is 0 Å². The fourth-order valence-electron chi connectivity index (χ4n) is 2.22. The summed E-state index contributed by atoms with van der Waals surface area (Å²) in [6.45, 7) is 5.22. The standard InChI is InChI=1S/C11H20BrNO3/c1-3-5-11(15-6-7-16-11)9(4-2)10(14)13-8-12/h9H,3-8H2,1-2H3,(H,13,14). The smallest absolute Gasteiger partial charge is 0.229 e. The highest BCUT2D eigenvalue weighted by Crippen LogP contribution is 2.35. The topological polar surface area (TPSA) is 47.6 Å². The highest BCUT2D eigenvalue weighted by Gasteiger charge is 2.46. The molecule has 0 bridgehead atoms. The number of nitrogens with one attached hydrogen (secondary N) is 1. The normalized spacial score (nSPS) is 20.7. The quantitative estimate of drug-likeness (QED) is 0.602. The van der Waals surface area contributed by atoms with E-state index in [0.717, 1.165) is 19.3 Å². The minimum absolute atomic E-state index is 0.00488. The Kier molecular flexibility index (Phi) is 5.72. The van der Waals surface area contributed by atoms with Crippen LogP contribution in [0.4, 0.5) is 0 Å². The molecule has 5 heteroatoms. The molecule has 1 fully saturated rings. The predicted molar refractivity (Wildman–Crippen MR) is 65.3 cm³/mol. The van der Waals surface area contributed by atoms with Crippen LogP contribution in [0.5, 0.6) is 0 Å². The van der Waals surface area contributed by atoms with Crippen molar-refractivity contribution in [3.8, 4) is 0 Å². The largest absolute Gasteiger partial charge is 0.347 e. The van der Waals surface area contributed by atoms with Crippen LogP contribution in [0, 0.1) is 5.92 Å². The molecule has 1 aliphatic rings. The maximum absolute atomic E-state index is 11.9. The van der Waals surface area contributed by atoms with Crippen molar-refractivity contribution in [1.82, 2.24) is 5.32 Å². The first-order valence-corrected chi connectivity index (χ1v) is 6.94. The van der Waals surface area contributed by atoms with Crippen molar-refractivity contribution < 1.29 is 14.3 Å². The van der Waals surface area contributed by atoms with Gasteiger partial charge in [0.15, 0.2) is 5.79 Å². The molecule has 1 heterocycles. The molecule has 0 aromatic rings. The highest BCUT2D eigenvalue weighted by molar-refractivity contribution is 9.09. The second-order valence-corrected chi connectivity index (χ2v) is 4.45. The number of hydrogen-bond donors (Lipinski definition) is 1. The number of rotatable bonds is 6. The van der Waals surface area contributed by atoms with E-state index in [1.54, 1.807) is 0 Å². The lowest BCUT2D eigenvalue weighted by atomic mass is 9.91. The number of carbonyl (C=O) groups excluding carboxylic acids is 1. The zero-order chi connectivity index (χ0) is 12.0. The van der Waals surface area contributed by atoms with Crippen LogP contribution in [0.15, 0.2) is 0 Å². The van der Waals surface area contributed by atoms with Gasteiger partial charge in [0.1, 0.15) is 0 Å². The van der Waals surface area contributed by atoms with E-state index in [1.807, 2.05) is 6.92 Å². The molecule has 1 atom stereocenters. The summed E-state index contributed by atoms with van der Waals surface area (Å²) in [6.07, 6.45) is 2.43. The monoisotopic (exact) mass is 293 g/mol. The van der Waals surface area contributed by atoms with Crippen LogP contribution < -0.4 is 5.32 Å². The van der Waals surface area contributed by atoms with Crippen molar-refractivity contribution >= 4 is 21.8 Å². The zero-order valence-corrected chi connectivity index (χ0v) is 11.5. The van der Waals surface area contributed by atoms with E-state index in [1.165, 1.54) is 0 Å². The first kappa shape index (κ1) is 13.9. The Bertz CT molecular complexity index is 229. The van der Waals surface area contributed by atoms with E-state index >= 15 is 0 Å². The summed E-state index contributed by atoms with van der Waals surface area (Å²) in [6, 6.07) is 0. The van der Waals surface area contributed by atoms with Crippen LogP contribution in [0.2, 0.25) is 0 Å². The van der Waals surface area contributed by atoms with E-state index in [2.05, 4.69) is 28.2 Å². The predicted octanol–water partition coefficient (Wildman–Crippen LogP) is 2.02. The van der Waals surface area contributed by atoms with E-state index in [0.29, 0.717) is 18.7 Å². The van der Waals surface area contributed by atoms with Crippen molar-refractivity contribution in [1.29, 1.82) is 0 Å². The highest BCUT2D eigenvalue weighted by atomic mass is 79.9. The summed E-state index contributed by atoms with van der Waals surface area (Å²) in [4.78, 5) is 11.9. The molecule has 0 aromatic carbocycles. The molecule has 0 spiro atoms. The maximum Gasteiger partial charge on any atom is 0.229 e. The Hall–Kier alpha value is -0.130. The number of hydrogen-bond acceptors (Lipinski definition) is 3. The van der Waals surface area contributed by atoms with E-state index in [-0.39, 0.29) is 11.8 Å². The summed E-state index contributed by atoms with van der Waals surface area (Å²) in [5.41, 5.74) is 0.463. The fraction of sp³-hybridized carbons (Fsp3) is 0.909. The van der Waals surface area contributed by atoms with Crippen molar-refractivity contribution in [2.75, 3.05) is 18.7 Å². The SMILES string of the molecule is CCCC1(C(CC)C(=O)NCBr)OCCO1. The van der Waals surface area contributed by atoms with Gasteiger partial charge in [-0.2, -0.15) is 0 Å². The summed E-state index contributed by atoms with van der Waals surface area (Å²) in [7, 11) is 0. The number of halogens is 1. The molecule has 1 unspecified atom stereocenters. The summed E-state index contributed by atoms with van der Waals surface area (Å²) in [5.74, 6) is -0.933. The lowest BCUT2D eigenvalue weighted by Gasteiger charge is -2.33. The number of ether oxygens (including phenoxy) is 2. The van der Waals surface area contributed by atoms with Crippen LogP contribution in [-0.2, 0) is 14.3 Å². The molecular weight excluding hydrogens is 274 g/mol. The second-order valence-electron chi connectivity index (χ2n) is 3.89. The molecule has 1 aliphatic heterocycles. The molecule has 4 nitrogen and oxygen atoms in total. The van der Waals surface area contributed by atoms with E-state index < -0.39 is 5.79 Å². The molecule has 0 radical (unpaired) electrons. The number of alkyl halides is 1. The van der Waals surface area contributed by atoms with Crippen LogP contribution in [0.25, 0.3) is 0 Å². The Morgan fingerprint density at radius 1 is 1.44 bits per heavy atom. The van der Waals surface area contributed by atoms with Gasteiger partial charge < -0.3 is 14.8 Å². The Labute approximate surface area is 105 Å². The number of carbonyl (C=O) groups is 1. The average molecular weight is 294 g/mol. The minimum Gasteiger partial charge on any atom is -0.347 e. The van der Waals surface area contributed by atoms with Gasteiger partial charge in [-0.25, -0.2) is 0 Å². The van der Waals surface area contributed by atoms with Crippen molar-refractivity contribution in [2.24, 2.45) is 5.92 Å². The molecular formula is C11H20BrNO3. The second kappa shape index (κ2) is 6.57. The third kappa shape index (κ3) is 2.96. The molecule has 16 heavy (non-hydrogen) atoms. The van der Waals surface area contributed by atoms with Gasteiger partial charge >= 0.3 is 0 Å². The zero-order valence-electron chi connectivity index (χ0n) is 9.92. The van der Waals surface area contributed by atoms with Gasteiger partial charge in [-0.05, 0) is 6.42 Å². The molecule has 1 amide bonds.